The van der Waals surface area contributed by atoms with E-state index in [0.29, 0.717) is 25.0 Å². The summed E-state index contributed by atoms with van der Waals surface area (Å²) < 4.78 is 10.9. The molecular formula is C19H44NO3PS. The molecule has 0 saturated heterocycles. The lowest BCUT2D eigenvalue weighted by molar-refractivity contribution is -0.836. The van der Waals surface area contributed by atoms with Gasteiger partial charge in [-0.2, -0.15) is 0 Å². The molecule has 0 rings (SSSR count). The summed E-state index contributed by atoms with van der Waals surface area (Å²) in [6.07, 6.45) is 8.99. The molecule has 0 aromatic carbocycles. The lowest BCUT2D eigenvalue weighted by atomic mass is 10.0. The molecule has 0 radical (unpaired) electrons. The van der Waals surface area contributed by atoms with Crippen molar-refractivity contribution in [2.24, 2.45) is 11.8 Å². The molecule has 2 unspecified atom stereocenters. The van der Waals surface area contributed by atoms with E-state index in [1.807, 2.05) is 0 Å². The van der Waals surface area contributed by atoms with Gasteiger partial charge in [-0.3, -0.25) is 0 Å². The minimum atomic E-state index is -3.31. The van der Waals surface area contributed by atoms with Gasteiger partial charge in [-0.05, 0) is 24.7 Å². The van der Waals surface area contributed by atoms with Crippen LogP contribution in [0.15, 0.2) is 0 Å². The normalized spacial score (nSPS) is 16.0. The summed E-state index contributed by atoms with van der Waals surface area (Å²) in [5, 5.41) is 0. The van der Waals surface area contributed by atoms with Gasteiger partial charge in [-0.25, -0.2) is 0 Å². The molecular weight excluding hydrogens is 353 g/mol. The Balaban J connectivity index is 0. The van der Waals surface area contributed by atoms with E-state index in [1.54, 1.807) is 0 Å². The van der Waals surface area contributed by atoms with Crippen molar-refractivity contribution in [2.45, 2.75) is 79.1 Å². The van der Waals surface area contributed by atoms with E-state index >= 15 is 0 Å². The van der Waals surface area contributed by atoms with Crippen LogP contribution in [-0.4, -0.2) is 34.4 Å². The van der Waals surface area contributed by atoms with Gasteiger partial charge in [-0.15, -0.1) is 0 Å². The van der Waals surface area contributed by atoms with Gasteiger partial charge in [0.25, 0.3) is 0 Å². The van der Waals surface area contributed by atoms with E-state index in [0.717, 1.165) is 25.7 Å². The molecule has 2 atom stereocenters. The van der Waals surface area contributed by atoms with Crippen LogP contribution in [0.3, 0.4) is 0 Å². The molecule has 1 N–H and O–H groups in total. The predicted octanol–water partition coefficient (Wildman–Crippen LogP) is 3.80. The Morgan fingerprint density at radius 1 is 0.840 bits per heavy atom. The molecule has 0 aromatic rings. The van der Waals surface area contributed by atoms with Crippen LogP contribution in [0.2, 0.25) is 0 Å². The van der Waals surface area contributed by atoms with Crippen LogP contribution in [0.5, 0.6) is 0 Å². The largest absolute Gasteiger partial charge is 0.780 e. The molecule has 0 amide bonds. The smallest absolute Gasteiger partial charge is 0.115 e. The number of nitrogens with one attached hydrogen (secondary N) is 1. The maximum Gasteiger partial charge on any atom is 0.115 e. The first-order chi connectivity index (χ1) is 11.7. The van der Waals surface area contributed by atoms with Crippen molar-refractivity contribution in [3.63, 3.8) is 0 Å². The molecule has 0 saturated carbocycles. The highest BCUT2D eigenvalue weighted by atomic mass is 32.5. The quantitative estimate of drug-likeness (QED) is 0.453. The van der Waals surface area contributed by atoms with Crippen molar-refractivity contribution in [2.75, 3.05) is 34.4 Å². The minimum Gasteiger partial charge on any atom is -0.780 e. The third kappa shape index (κ3) is 20.7. The topological polar surface area (TPSA) is 46.0 Å². The fourth-order valence-electron chi connectivity index (χ4n) is 2.23. The van der Waals surface area contributed by atoms with Gasteiger partial charge in [0, 0.05) is 0 Å². The third-order valence-electron chi connectivity index (χ3n) is 4.02. The van der Waals surface area contributed by atoms with Crippen LogP contribution < -0.4 is 9.79 Å². The van der Waals surface area contributed by atoms with Crippen molar-refractivity contribution < 1.29 is 18.8 Å². The summed E-state index contributed by atoms with van der Waals surface area (Å²) >= 11 is 5.01. The second kappa shape index (κ2) is 17.9. The predicted molar refractivity (Wildman–Crippen MR) is 112 cm³/mol. The molecule has 0 bridgehead atoms. The van der Waals surface area contributed by atoms with E-state index < -0.39 is 6.72 Å². The molecule has 0 heterocycles. The Morgan fingerprint density at radius 2 is 1.16 bits per heavy atom. The molecule has 0 fully saturated rings. The van der Waals surface area contributed by atoms with Crippen LogP contribution in [0.1, 0.15) is 79.1 Å². The highest BCUT2D eigenvalue weighted by Crippen LogP contribution is 2.40. The molecule has 4 nitrogen and oxygen atoms in total. The van der Waals surface area contributed by atoms with Crippen molar-refractivity contribution in [3.05, 3.63) is 0 Å². The lowest BCUT2D eigenvalue weighted by Gasteiger charge is -2.31. The lowest BCUT2D eigenvalue weighted by Crippen LogP contribution is -3.02. The monoisotopic (exact) mass is 397 g/mol. The van der Waals surface area contributed by atoms with Crippen LogP contribution in [-0.2, 0) is 20.9 Å². The molecule has 25 heavy (non-hydrogen) atoms. The first kappa shape index (κ1) is 27.7. The van der Waals surface area contributed by atoms with E-state index in [1.165, 1.54) is 30.6 Å². The minimum absolute atomic E-state index is 0.437. The van der Waals surface area contributed by atoms with Gasteiger partial charge >= 0.3 is 0 Å². The summed E-state index contributed by atoms with van der Waals surface area (Å²) in [6, 6.07) is 0. The number of quaternary nitrogens is 1. The van der Waals surface area contributed by atoms with Crippen LogP contribution >= 0.6 is 6.72 Å². The van der Waals surface area contributed by atoms with Gasteiger partial charge in [0.2, 0.25) is 0 Å². The van der Waals surface area contributed by atoms with Crippen molar-refractivity contribution in [1.82, 2.24) is 0 Å². The molecule has 154 valence electrons. The SMILES string of the molecule is CCCCC(CC)COP([O-])(=S)OCC(CC)CCCC.C[NH+](C)C. The maximum atomic E-state index is 12.2. The van der Waals surface area contributed by atoms with Crippen molar-refractivity contribution >= 4 is 18.5 Å². The zero-order valence-corrected chi connectivity index (χ0v) is 19.5. The molecule has 0 aliphatic rings. The fourth-order valence-corrected chi connectivity index (χ4v) is 3.45. The van der Waals surface area contributed by atoms with Crippen LogP contribution in [0.25, 0.3) is 0 Å². The Morgan fingerprint density at radius 3 is 1.40 bits per heavy atom. The number of unbranched alkanes of at least 4 members (excludes halogenated alkanes) is 2. The number of hydrogen-bond acceptors (Lipinski definition) is 4. The zero-order valence-electron chi connectivity index (χ0n) is 17.8. The Hall–Kier alpha value is 0.490. The molecule has 0 aliphatic carbocycles. The highest BCUT2D eigenvalue weighted by Gasteiger charge is 2.13. The third-order valence-corrected chi connectivity index (χ3v) is 5.59. The Labute approximate surface area is 162 Å². The van der Waals surface area contributed by atoms with Crippen molar-refractivity contribution in [1.29, 1.82) is 0 Å². The molecule has 0 spiro atoms. The molecule has 6 heteroatoms. The van der Waals surface area contributed by atoms with Gasteiger partial charge in [0.1, 0.15) is 6.72 Å². The second-order valence-electron chi connectivity index (χ2n) is 7.37. The van der Waals surface area contributed by atoms with Crippen molar-refractivity contribution in [3.8, 4) is 0 Å². The molecule has 0 aliphatic heterocycles. The van der Waals surface area contributed by atoms with Gasteiger partial charge in [-0.1, -0.05) is 78.0 Å². The average Bonchev–Trinajstić information content (AvgIpc) is 2.54. The Bertz CT molecular complexity index is 303. The van der Waals surface area contributed by atoms with Gasteiger partial charge in [0.15, 0.2) is 0 Å². The molecule has 0 aromatic heterocycles. The van der Waals surface area contributed by atoms with Crippen LogP contribution in [0.4, 0.5) is 0 Å². The zero-order chi connectivity index (χ0) is 19.7. The number of rotatable bonds is 14. The van der Waals surface area contributed by atoms with Crippen LogP contribution in [0, 0.1) is 11.8 Å². The standard InChI is InChI=1S/C16H35O3PS.C3H9N/c1-5-9-11-15(7-3)13-18-20(17,21)19-14-16(8-4)12-10-6-2;1-4(2)3/h15-16H,5-14H2,1-4H3,(H,17,21);1-3H3. The van der Waals surface area contributed by atoms with Gasteiger partial charge < -0.3 is 18.8 Å². The van der Waals surface area contributed by atoms with E-state index in [2.05, 4.69) is 48.8 Å². The van der Waals surface area contributed by atoms with E-state index in [-0.39, 0.29) is 0 Å². The van der Waals surface area contributed by atoms with Gasteiger partial charge in [0.05, 0.1) is 34.4 Å². The fraction of sp³-hybridized carbons (Fsp3) is 1.00. The first-order valence-corrected chi connectivity index (χ1v) is 12.6. The highest BCUT2D eigenvalue weighted by molar-refractivity contribution is 8.06. The Kier molecular flexibility index (Phi) is 19.8. The first-order valence-electron chi connectivity index (χ1n) is 10.1. The van der Waals surface area contributed by atoms with E-state index in [4.69, 9.17) is 20.9 Å². The van der Waals surface area contributed by atoms with E-state index in [9.17, 15) is 4.89 Å². The average molecular weight is 398 g/mol. The summed E-state index contributed by atoms with van der Waals surface area (Å²) in [6.45, 7) is 6.24. The summed E-state index contributed by atoms with van der Waals surface area (Å²) in [5.74, 6) is 0.874. The second-order valence-corrected chi connectivity index (χ2v) is 10.1. The summed E-state index contributed by atoms with van der Waals surface area (Å²) in [5.41, 5.74) is 0. The summed E-state index contributed by atoms with van der Waals surface area (Å²) in [7, 11) is 6.25. The maximum absolute atomic E-state index is 12.2. The number of hydrogen-bond donors (Lipinski definition) is 1. The summed E-state index contributed by atoms with van der Waals surface area (Å²) in [4.78, 5) is 13.6.